The quantitative estimate of drug-likeness (QED) is 0.419. The number of rotatable bonds is 6. The summed E-state index contributed by atoms with van der Waals surface area (Å²) < 4.78 is 0. The molecule has 2 heteroatoms. The molecule has 0 bridgehead atoms. The zero-order valence-corrected chi connectivity index (χ0v) is 25.5. The molecule has 196 valence electrons. The molecule has 0 aromatic heterocycles. The summed E-state index contributed by atoms with van der Waals surface area (Å²) in [6.45, 7) is 39.9. The monoisotopic (exact) mass is 456 g/mol. The molecule has 0 radical (unpaired) electrons. The minimum Gasteiger partial charge on any atom is -0.393 e. The Bertz CT molecular complexity index is 413. The van der Waals surface area contributed by atoms with Gasteiger partial charge in [-0.1, -0.05) is 125 Å². The fourth-order valence-corrected chi connectivity index (χ4v) is 4.10. The summed E-state index contributed by atoms with van der Waals surface area (Å²) in [5.74, 6) is 2.38. The normalized spacial score (nSPS) is 21.4. The summed E-state index contributed by atoms with van der Waals surface area (Å²) in [6, 6.07) is 0. The Hall–Kier alpha value is -0.0800. The van der Waals surface area contributed by atoms with Crippen molar-refractivity contribution in [1.29, 1.82) is 0 Å². The minimum absolute atomic E-state index is 0.172. The van der Waals surface area contributed by atoms with Gasteiger partial charge in [-0.25, -0.2) is 0 Å². The first-order valence-corrected chi connectivity index (χ1v) is 13.1. The highest BCUT2D eigenvalue weighted by molar-refractivity contribution is 4.86. The average molecular weight is 457 g/mol. The largest absolute Gasteiger partial charge is 0.393 e. The molecule has 0 saturated carbocycles. The first-order chi connectivity index (χ1) is 13.8. The molecule has 4 unspecified atom stereocenters. The zero-order valence-electron chi connectivity index (χ0n) is 25.5. The van der Waals surface area contributed by atoms with Crippen LogP contribution in [0.5, 0.6) is 0 Å². The molecule has 0 aromatic carbocycles. The third-order valence-corrected chi connectivity index (χ3v) is 9.14. The standard InChI is InChI=1S/2C15H32O/c2*1-10(11(2)14(4,5)6)13(16)12(3)15(7,8)9/h2*10-13,16H,1-9H3/t10-,11+,12+,13-;/m0./s1. The van der Waals surface area contributed by atoms with Crippen LogP contribution in [0.2, 0.25) is 0 Å². The Morgan fingerprint density at radius 3 is 0.625 bits per heavy atom. The van der Waals surface area contributed by atoms with Crippen molar-refractivity contribution >= 4 is 0 Å². The second kappa shape index (κ2) is 12.1. The Balaban J connectivity index is 0. The van der Waals surface area contributed by atoms with Crippen molar-refractivity contribution in [3.8, 4) is 0 Å². The molecule has 0 fully saturated rings. The van der Waals surface area contributed by atoms with Gasteiger partial charge in [0, 0.05) is 0 Å². The topological polar surface area (TPSA) is 40.5 Å². The molecule has 0 rings (SSSR count). The van der Waals surface area contributed by atoms with Crippen molar-refractivity contribution in [1.82, 2.24) is 0 Å². The van der Waals surface area contributed by atoms with Crippen molar-refractivity contribution in [2.45, 2.75) is 137 Å². The molecule has 0 saturated heterocycles. The second-order valence-corrected chi connectivity index (χ2v) is 15.3. The molecule has 0 aliphatic heterocycles. The van der Waals surface area contributed by atoms with Crippen LogP contribution in [0, 0.1) is 57.2 Å². The Morgan fingerprint density at radius 1 is 0.344 bits per heavy atom. The van der Waals surface area contributed by atoms with Gasteiger partial charge in [-0.3, -0.25) is 0 Å². The summed E-state index contributed by atoms with van der Waals surface area (Å²) in [5, 5.41) is 20.9. The highest BCUT2D eigenvalue weighted by Gasteiger charge is 2.37. The third-order valence-electron chi connectivity index (χ3n) is 9.14. The molecule has 0 amide bonds. The maximum absolute atomic E-state index is 10.5. The molecule has 0 heterocycles. The van der Waals surface area contributed by atoms with Gasteiger partial charge in [0.05, 0.1) is 12.2 Å². The number of hydrogen-bond acceptors (Lipinski definition) is 2. The number of aliphatic hydroxyl groups is 2. The van der Waals surface area contributed by atoms with Gasteiger partial charge in [-0.15, -0.1) is 0 Å². The van der Waals surface area contributed by atoms with Gasteiger partial charge in [0.2, 0.25) is 0 Å². The minimum atomic E-state index is -0.214. The van der Waals surface area contributed by atoms with Gasteiger partial charge in [0.25, 0.3) is 0 Å². The predicted octanol–water partition coefficient (Wildman–Crippen LogP) is 8.70. The van der Waals surface area contributed by atoms with E-state index in [9.17, 15) is 10.2 Å². The Kier molecular flexibility index (Phi) is 12.8. The van der Waals surface area contributed by atoms with Gasteiger partial charge in [0.15, 0.2) is 0 Å². The van der Waals surface area contributed by atoms with Gasteiger partial charge >= 0.3 is 0 Å². The lowest BCUT2D eigenvalue weighted by Crippen LogP contribution is -2.39. The van der Waals surface area contributed by atoms with Crippen LogP contribution in [0.3, 0.4) is 0 Å². The molecular formula is C30H64O2. The molecule has 32 heavy (non-hydrogen) atoms. The molecular weight excluding hydrogens is 392 g/mol. The molecule has 0 aliphatic carbocycles. The third kappa shape index (κ3) is 10.9. The van der Waals surface area contributed by atoms with E-state index in [0.29, 0.717) is 35.5 Å². The highest BCUT2D eigenvalue weighted by Crippen LogP contribution is 2.40. The predicted molar refractivity (Wildman–Crippen MR) is 145 cm³/mol. The van der Waals surface area contributed by atoms with Crippen molar-refractivity contribution in [2.75, 3.05) is 0 Å². The van der Waals surface area contributed by atoms with E-state index in [2.05, 4.69) is 125 Å². The van der Waals surface area contributed by atoms with Crippen LogP contribution in [0.4, 0.5) is 0 Å². The van der Waals surface area contributed by atoms with Crippen LogP contribution in [-0.2, 0) is 0 Å². The molecule has 0 spiro atoms. The van der Waals surface area contributed by atoms with Crippen molar-refractivity contribution in [3.05, 3.63) is 0 Å². The van der Waals surface area contributed by atoms with Crippen LogP contribution in [0.25, 0.3) is 0 Å². The Labute approximate surface area is 204 Å². The van der Waals surface area contributed by atoms with E-state index in [1.165, 1.54) is 0 Å². The van der Waals surface area contributed by atoms with E-state index in [1.54, 1.807) is 0 Å². The summed E-state index contributed by atoms with van der Waals surface area (Å²) in [6.07, 6.45) is -0.427. The van der Waals surface area contributed by atoms with E-state index in [0.717, 1.165) is 0 Å². The van der Waals surface area contributed by atoms with E-state index in [4.69, 9.17) is 0 Å². The second-order valence-electron chi connectivity index (χ2n) is 15.3. The zero-order chi connectivity index (χ0) is 26.6. The lowest BCUT2D eigenvalue weighted by molar-refractivity contribution is -0.0216. The SMILES string of the molecule is CC(C(O)C(C)C(C)(C)C)C(C)C(C)(C)C.C[C@H]([C@H](O)[C@@H](C)C(C)(C)C)[C@@H](C)C(C)(C)C. The van der Waals surface area contributed by atoms with Crippen molar-refractivity contribution in [2.24, 2.45) is 57.2 Å². The maximum atomic E-state index is 10.5. The first-order valence-electron chi connectivity index (χ1n) is 13.1. The van der Waals surface area contributed by atoms with Gasteiger partial charge in [-0.2, -0.15) is 0 Å². The summed E-state index contributed by atoms with van der Waals surface area (Å²) >= 11 is 0. The first kappa shape index (κ1) is 34.1. The van der Waals surface area contributed by atoms with Crippen LogP contribution >= 0.6 is 0 Å². The maximum Gasteiger partial charge on any atom is 0.0599 e. The number of aliphatic hydroxyl groups excluding tert-OH is 2. The summed E-state index contributed by atoms with van der Waals surface area (Å²) in [4.78, 5) is 0. The lowest BCUT2D eigenvalue weighted by Gasteiger charge is -2.40. The molecule has 2 nitrogen and oxygen atoms in total. The fourth-order valence-electron chi connectivity index (χ4n) is 4.10. The highest BCUT2D eigenvalue weighted by atomic mass is 16.3. The van der Waals surface area contributed by atoms with E-state index >= 15 is 0 Å². The van der Waals surface area contributed by atoms with Crippen molar-refractivity contribution < 1.29 is 10.2 Å². The van der Waals surface area contributed by atoms with E-state index < -0.39 is 0 Å². The van der Waals surface area contributed by atoms with Gasteiger partial charge in [-0.05, 0) is 57.2 Å². The van der Waals surface area contributed by atoms with Crippen LogP contribution in [0.15, 0.2) is 0 Å². The van der Waals surface area contributed by atoms with E-state index in [-0.39, 0.29) is 33.9 Å². The van der Waals surface area contributed by atoms with Gasteiger partial charge < -0.3 is 10.2 Å². The molecule has 0 aliphatic rings. The van der Waals surface area contributed by atoms with Crippen LogP contribution in [0.1, 0.15) is 125 Å². The fraction of sp³-hybridized carbons (Fsp3) is 1.00. The lowest BCUT2D eigenvalue weighted by atomic mass is 9.67. The number of hydrogen-bond donors (Lipinski definition) is 2. The molecule has 2 N–H and O–H groups in total. The smallest absolute Gasteiger partial charge is 0.0599 e. The van der Waals surface area contributed by atoms with Crippen molar-refractivity contribution in [3.63, 3.8) is 0 Å². The van der Waals surface area contributed by atoms with Crippen LogP contribution < -0.4 is 0 Å². The summed E-state index contributed by atoms with van der Waals surface area (Å²) in [7, 11) is 0. The van der Waals surface area contributed by atoms with Crippen LogP contribution in [-0.4, -0.2) is 22.4 Å². The molecule has 0 aromatic rings. The average Bonchev–Trinajstić information content (AvgIpc) is 2.60. The van der Waals surface area contributed by atoms with Gasteiger partial charge in [0.1, 0.15) is 0 Å². The Morgan fingerprint density at radius 2 is 0.500 bits per heavy atom. The summed E-state index contributed by atoms with van der Waals surface area (Å²) in [5.41, 5.74) is 0.868. The molecule has 8 atom stereocenters. The van der Waals surface area contributed by atoms with E-state index in [1.807, 2.05) is 0 Å².